The smallest absolute Gasteiger partial charge is 0.266 e. The molecule has 2 aromatic heterocycles. The molecule has 7 heteroatoms. The Labute approximate surface area is 150 Å². The maximum absolute atomic E-state index is 12.3. The van der Waals surface area contributed by atoms with E-state index in [4.69, 9.17) is 14.0 Å². The second kappa shape index (κ2) is 8.15. The van der Waals surface area contributed by atoms with E-state index in [-0.39, 0.29) is 5.91 Å². The summed E-state index contributed by atoms with van der Waals surface area (Å²) in [6, 6.07) is 14.1. The third kappa shape index (κ3) is 4.60. The third-order valence-corrected chi connectivity index (χ3v) is 3.50. The van der Waals surface area contributed by atoms with Gasteiger partial charge in [0.25, 0.3) is 5.91 Å². The maximum atomic E-state index is 12.3. The van der Waals surface area contributed by atoms with Crippen LogP contribution < -0.4 is 14.8 Å². The van der Waals surface area contributed by atoms with Crippen molar-refractivity contribution in [1.82, 2.24) is 10.1 Å². The monoisotopic (exact) mass is 353 g/mol. The number of rotatable bonds is 7. The van der Waals surface area contributed by atoms with E-state index in [9.17, 15) is 4.79 Å². The average Bonchev–Trinajstić information content (AvgIpc) is 3.06. The number of amides is 1. The summed E-state index contributed by atoms with van der Waals surface area (Å²) in [6.07, 6.45) is 1.53. The Balaban J connectivity index is 1.60. The van der Waals surface area contributed by atoms with Crippen molar-refractivity contribution >= 4 is 11.7 Å². The average molecular weight is 353 g/mol. The van der Waals surface area contributed by atoms with E-state index >= 15 is 0 Å². The van der Waals surface area contributed by atoms with Gasteiger partial charge < -0.3 is 19.3 Å². The van der Waals surface area contributed by atoms with Gasteiger partial charge in [-0.1, -0.05) is 18.1 Å². The van der Waals surface area contributed by atoms with Crippen molar-refractivity contribution in [2.75, 3.05) is 5.32 Å². The number of anilines is 1. The van der Waals surface area contributed by atoms with Crippen LogP contribution >= 0.6 is 0 Å². The molecule has 0 bridgehead atoms. The van der Waals surface area contributed by atoms with E-state index in [1.54, 1.807) is 49.5 Å². The first-order valence-electron chi connectivity index (χ1n) is 8.24. The van der Waals surface area contributed by atoms with Crippen LogP contribution in [0.1, 0.15) is 19.1 Å². The minimum atomic E-state index is -0.644. The first-order valence-corrected chi connectivity index (χ1v) is 8.24. The lowest BCUT2D eigenvalue weighted by Crippen LogP contribution is -2.32. The summed E-state index contributed by atoms with van der Waals surface area (Å²) < 4.78 is 16.3. The molecule has 0 radical (unpaired) electrons. The van der Waals surface area contributed by atoms with E-state index in [0.717, 1.165) is 0 Å². The molecule has 0 fully saturated rings. The van der Waals surface area contributed by atoms with Gasteiger partial charge in [-0.25, -0.2) is 4.98 Å². The molecular weight excluding hydrogens is 334 g/mol. The first-order chi connectivity index (χ1) is 12.6. The molecule has 7 nitrogen and oxygen atoms in total. The fraction of sp³-hybridized carbons (Fsp3) is 0.211. The van der Waals surface area contributed by atoms with Crippen molar-refractivity contribution < 1.29 is 18.8 Å². The van der Waals surface area contributed by atoms with E-state index in [0.29, 0.717) is 35.4 Å². The number of ether oxygens (including phenoxy) is 2. The highest BCUT2D eigenvalue weighted by molar-refractivity contribution is 5.93. The summed E-state index contributed by atoms with van der Waals surface area (Å²) in [5.41, 5.74) is 0. The molecule has 0 spiro atoms. The van der Waals surface area contributed by atoms with Crippen LogP contribution in [0.2, 0.25) is 0 Å². The summed E-state index contributed by atoms with van der Waals surface area (Å²) in [4.78, 5) is 16.4. The SMILES string of the molecule is CC[C@@H](Oc1ccc(Oc2ccccn2)cc1)C(=O)Nc1cc(C)on1. The summed E-state index contributed by atoms with van der Waals surface area (Å²) in [5, 5.41) is 6.42. The van der Waals surface area contributed by atoms with Crippen molar-refractivity contribution in [3.8, 4) is 17.4 Å². The highest BCUT2D eigenvalue weighted by Crippen LogP contribution is 2.23. The molecule has 0 aliphatic carbocycles. The first kappa shape index (κ1) is 17.5. The maximum Gasteiger partial charge on any atom is 0.266 e. The van der Waals surface area contributed by atoms with E-state index in [1.807, 2.05) is 19.1 Å². The number of aryl methyl sites for hydroxylation is 1. The van der Waals surface area contributed by atoms with Crippen molar-refractivity contribution in [2.24, 2.45) is 0 Å². The number of hydrogen-bond acceptors (Lipinski definition) is 6. The second-order valence-corrected chi connectivity index (χ2v) is 5.57. The quantitative estimate of drug-likeness (QED) is 0.692. The third-order valence-electron chi connectivity index (χ3n) is 3.50. The van der Waals surface area contributed by atoms with Crippen molar-refractivity contribution in [3.63, 3.8) is 0 Å². The molecule has 3 aromatic rings. The molecule has 26 heavy (non-hydrogen) atoms. The number of hydrogen-bond donors (Lipinski definition) is 1. The number of nitrogens with zero attached hydrogens (tertiary/aromatic N) is 2. The van der Waals surface area contributed by atoms with Gasteiger partial charge >= 0.3 is 0 Å². The molecule has 0 saturated carbocycles. The minimum Gasteiger partial charge on any atom is -0.481 e. The van der Waals surface area contributed by atoms with Crippen LogP contribution in [0.3, 0.4) is 0 Å². The molecule has 1 N–H and O–H groups in total. The molecule has 3 rings (SSSR count). The molecule has 0 unspecified atom stereocenters. The molecule has 2 heterocycles. The molecule has 134 valence electrons. The van der Waals surface area contributed by atoms with Gasteiger partial charge in [0, 0.05) is 18.3 Å². The lowest BCUT2D eigenvalue weighted by Gasteiger charge is -2.16. The van der Waals surface area contributed by atoms with Crippen LogP contribution in [0.25, 0.3) is 0 Å². The number of nitrogens with one attached hydrogen (secondary N) is 1. The van der Waals surface area contributed by atoms with Gasteiger partial charge in [0.05, 0.1) is 0 Å². The summed E-state index contributed by atoms with van der Waals surface area (Å²) >= 11 is 0. The number of carbonyl (C=O) groups excluding carboxylic acids is 1. The predicted octanol–water partition coefficient (Wildman–Crippen LogP) is 3.97. The standard InChI is InChI=1S/C19H19N3O4/c1-3-16(19(23)21-17-12-13(2)26-22-17)24-14-7-9-15(10-8-14)25-18-6-4-5-11-20-18/h4-12,16H,3H2,1-2H3,(H,21,22,23)/t16-/m1/s1. The van der Waals surface area contributed by atoms with Crippen LogP contribution in [-0.4, -0.2) is 22.2 Å². The molecule has 0 aliphatic rings. The van der Waals surface area contributed by atoms with Gasteiger partial charge in [-0.2, -0.15) is 0 Å². The van der Waals surface area contributed by atoms with Gasteiger partial charge in [0.2, 0.25) is 5.88 Å². The summed E-state index contributed by atoms with van der Waals surface area (Å²) in [6.45, 7) is 3.63. The fourth-order valence-electron chi connectivity index (χ4n) is 2.23. The van der Waals surface area contributed by atoms with E-state index in [2.05, 4.69) is 15.5 Å². The van der Waals surface area contributed by atoms with Gasteiger partial charge in [-0.15, -0.1) is 0 Å². The minimum absolute atomic E-state index is 0.283. The highest BCUT2D eigenvalue weighted by Gasteiger charge is 2.19. The largest absolute Gasteiger partial charge is 0.481 e. The molecule has 1 amide bonds. The Bertz CT molecular complexity index is 847. The lowest BCUT2D eigenvalue weighted by atomic mass is 10.2. The zero-order chi connectivity index (χ0) is 18.4. The van der Waals surface area contributed by atoms with Gasteiger partial charge in [0.15, 0.2) is 11.9 Å². The molecule has 0 saturated heterocycles. The summed E-state index contributed by atoms with van der Waals surface area (Å²) in [5.74, 6) is 2.42. The van der Waals surface area contributed by atoms with Crippen LogP contribution in [0, 0.1) is 6.92 Å². The number of aromatic nitrogens is 2. The molecular formula is C19H19N3O4. The van der Waals surface area contributed by atoms with Crippen LogP contribution in [0.4, 0.5) is 5.82 Å². The Morgan fingerprint density at radius 1 is 1.19 bits per heavy atom. The van der Waals surface area contributed by atoms with Gasteiger partial charge in [0.1, 0.15) is 17.3 Å². The highest BCUT2D eigenvalue weighted by atomic mass is 16.5. The number of pyridine rings is 1. The number of benzene rings is 1. The van der Waals surface area contributed by atoms with Gasteiger partial charge in [-0.3, -0.25) is 4.79 Å². The van der Waals surface area contributed by atoms with Crippen LogP contribution in [0.15, 0.2) is 59.3 Å². The Kier molecular flexibility index (Phi) is 5.48. The van der Waals surface area contributed by atoms with Gasteiger partial charge in [-0.05, 0) is 43.7 Å². The van der Waals surface area contributed by atoms with E-state index in [1.165, 1.54) is 0 Å². The van der Waals surface area contributed by atoms with Crippen LogP contribution in [-0.2, 0) is 4.79 Å². The predicted molar refractivity (Wildman–Crippen MR) is 95.3 cm³/mol. The Hall–Kier alpha value is -3.35. The van der Waals surface area contributed by atoms with Crippen LogP contribution in [0.5, 0.6) is 17.4 Å². The zero-order valence-corrected chi connectivity index (χ0v) is 14.5. The number of carbonyl (C=O) groups is 1. The summed E-state index contributed by atoms with van der Waals surface area (Å²) in [7, 11) is 0. The lowest BCUT2D eigenvalue weighted by molar-refractivity contribution is -0.122. The molecule has 1 aromatic carbocycles. The topological polar surface area (TPSA) is 86.5 Å². The van der Waals surface area contributed by atoms with E-state index < -0.39 is 6.10 Å². The normalized spacial score (nSPS) is 11.6. The van der Waals surface area contributed by atoms with Crippen molar-refractivity contribution in [3.05, 3.63) is 60.5 Å². The van der Waals surface area contributed by atoms with Crippen molar-refractivity contribution in [2.45, 2.75) is 26.4 Å². The second-order valence-electron chi connectivity index (χ2n) is 5.57. The Morgan fingerprint density at radius 2 is 1.96 bits per heavy atom. The zero-order valence-electron chi connectivity index (χ0n) is 14.5. The van der Waals surface area contributed by atoms with Crippen molar-refractivity contribution in [1.29, 1.82) is 0 Å². The Morgan fingerprint density at radius 3 is 2.58 bits per heavy atom. The molecule has 1 atom stereocenters. The fourth-order valence-corrected chi connectivity index (χ4v) is 2.23. The molecule has 0 aliphatic heterocycles.